The molecule has 2 N–H and O–H groups in total. The van der Waals surface area contributed by atoms with Crippen LogP contribution >= 0.6 is 0 Å². The summed E-state index contributed by atoms with van der Waals surface area (Å²) in [5, 5.41) is 12.0. The molecular weight excluding hydrogens is 194 g/mol. The second kappa shape index (κ2) is 5.24. The van der Waals surface area contributed by atoms with Crippen molar-refractivity contribution in [2.45, 2.75) is 26.5 Å². The van der Waals surface area contributed by atoms with Crippen LogP contribution in [0.4, 0.5) is 4.79 Å². The molecule has 0 fully saturated rings. The van der Waals surface area contributed by atoms with E-state index in [1.807, 2.05) is 0 Å². The largest absolute Gasteiger partial charge is 0.508 e. The summed E-state index contributed by atoms with van der Waals surface area (Å²) < 4.78 is 4.88. The number of para-hydroxylation sites is 1. The molecule has 4 heteroatoms. The topological polar surface area (TPSA) is 58.6 Å². The normalized spacial score (nSPS) is 10.1. The lowest BCUT2D eigenvalue weighted by Crippen LogP contribution is -2.26. The molecule has 1 rings (SSSR count). The fraction of sp³-hybridized carbons (Fsp3) is 0.364. The average molecular weight is 209 g/mol. The number of amides is 1. The third-order valence-electron chi connectivity index (χ3n) is 1.76. The van der Waals surface area contributed by atoms with E-state index >= 15 is 0 Å². The number of hydrogen-bond donors (Lipinski definition) is 2. The van der Waals surface area contributed by atoms with Gasteiger partial charge in [0.1, 0.15) is 5.75 Å². The van der Waals surface area contributed by atoms with Gasteiger partial charge < -0.3 is 15.2 Å². The van der Waals surface area contributed by atoms with Crippen molar-refractivity contribution in [2.75, 3.05) is 0 Å². The van der Waals surface area contributed by atoms with Gasteiger partial charge in [0.25, 0.3) is 0 Å². The van der Waals surface area contributed by atoms with Crippen LogP contribution in [0.2, 0.25) is 0 Å². The van der Waals surface area contributed by atoms with Crippen molar-refractivity contribution in [3.05, 3.63) is 29.8 Å². The van der Waals surface area contributed by atoms with Crippen LogP contribution in [0.3, 0.4) is 0 Å². The minimum atomic E-state index is -0.478. The first-order valence-corrected chi connectivity index (χ1v) is 4.81. The van der Waals surface area contributed by atoms with Crippen LogP contribution in [0.25, 0.3) is 0 Å². The smallest absolute Gasteiger partial charge is 0.407 e. The minimum Gasteiger partial charge on any atom is -0.508 e. The maximum atomic E-state index is 11.1. The molecule has 0 spiro atoms. The first-order valence-electron chi connectivity index (χ1n) is 4.81. The molecule has 0 saturated heterocycles. The second-order valence-electron chi connectivity index (χ2n) is 3.44. The molecule has 0 aliphatic heterocycles. The van der Waals surface area contributed by atoms with Gasteiger partial charge in [0.05, 0.1) is 6.10 Å². The summed E-state index contributed by atoms with van der Waals surface area (Å²) in [6.07, 6.45) is -0.623. The average Bonchev–Trinajstić information content (AvgIpc) is 2.15. The Morgan fingerprint density at radius 1 is 1.47 bits per heavy atom. The zero-order valence-electron chi connectivity index (χ0n) is 8.86. The molecular formula is C11H15NO3. The van der Waals surface area contributed by atoms with Gasteiger partial charge >= 0.3 is 6.09 Å². The van der Waals surface area contributed by atoms with E-state index in [4.69, 9.17) is 4.74 Å². The van der Waals surface area contributed by atoms with Crippen molar-refractivity contribution >= 4 is 6.09 Å². The lowest BCUT2D eigenvalue weighted by Gasteiger charge is -2.09. The molecule has 0 radical (unpaired) electrons. The molecule has 15 heavy (non-hydrogen) atoms. The van der Waals surface area contributed by atoms with E-state index in [9.17, 15) is 9.90 Å². The molecule has 1 aromatic rings. The van der Waals surface area contributed by atoms with E-state index in [1.165, 1.54) is 0 Å². The van der Waals surface area contributed by atoms with Crippen molar-refractivity contribution in [3.8, 4) is 5.75 Å². The molecule has 1 aromatic carbocycles. The Balaban J connectivity index is 2.44. The summed E-state index contributed by atoms with van der Waals surface area (Å²) in [4.78, 5) is 11.1. The number of benzene rings is 1. The Hall–Kier alpha value is -1.71. The lowest BCUT2D eigenvalue weighted by atomic mass is 10.2. The Bertz CT molecular complexity index is 336. The minimum absolute atomic E-state index is 0.144. The second-order valence-corrected chi connectivity index (χ2v) is 3.44. The molecule has 0 aliphatic rings. The number of phenolic OH excluding ortho intramolecular Hbond substituents is 1. The van der Waals surface area contributed by atoms with E-state index < -0.39 is 6.09 Å². The van der Waals surface area contributed by atoms with E-state index in [1.54, 1.807) is 38.1 Å². The van der Waals surface area contributed by atoms with Gasteiger partial charge in [-0.1, -0.05) is 18.2 Å². The van der Waals surface area contributed by atoms with Gasteiger partial charge in [-0.05, 0) is 19.9 Å². The Kier molecular flexibility index (Phi) is 3.97. The lowest BCUT2D eigenvalue weighted by molar-refractivity contribution is 0.115. The molecule has 0 aliphatic carbocycles. The Morgan fingerprint density at radius 2 is 2.13 bits per heavy atom. The molecule has 0 bridgehead atoms. The summed E-state index contributed by atoms with van der Waals surface area (Å²) in [5.74, 6) is 0.169. The highest BCUT2D eigenvalue weighted by Gasteiger charge is 2.05. The van der Waals surface area contributed by atoms with Gasteiger partial charge in [0.15, 0.2) is 0 Å². The van der Waals surface area contributed by atoms with E-state index in [-0.39, 0.29) is 18.4 Å². The Morgan fingerprint density at radius 3 is 2.73 bits per heavy atom. The van der Waals surface area contributed by atoms with Crippen molar-refractivity contribution in [3.63, 3.8) is 0 Å². The zero-order chi connectivity index (χ0) is 11.3. The predicted molar refractivity (Wildman–Crippen MR) is 56.6 cm³/mol. The highest BCUT2D eigenvalue weighted by molar-refractivity contribution is 5.67. The molecule has 4 nitrogen and oxygen atoms in total. The van der Waals surface area contributed by atoms with Crippen molar-refractivity contribution in [1.29, 1.82) is 0 Å². The van der Waals surface area contributed by atoms with Crippen molar-refractivity contribution in [2.24, 2.45) is 0 Å². The fourth-order valence-corrected chi connectivity index (χ4v) is 1.08. The maximum Gasteiger partial charge on any atom is 0.407 e. The number of aromatic hydroxyl groups is 1. The Labute approximate surface area is 88.9 Å². The van der Waals surface area contributed by atoms with E-state index in [0.29, 0.717) is 5.56 Å². The van der Waals surface area contributed by atoms with Crippen LogP contribution in [-0.2, 0) is 11.3 Å². The van der Waals surface area contributed by atoms with E-state index in [2.05, 4.69) is 5.32 Å². The number of phenols is 1. The summed E-state index contributed by atoms with van der Waals surface area (Å²) in [5.41, 5.74) is 0.665. The fourth-order valence-electron chi connectivity index (χ4n) is 1.08. The number of carbonyl (C=O) groups excluding carboxylic acids is 1. The zero-order valence-corrected chi connectivity index (χ0v) is 8.86. The van der Waals surface area contributed by atoms with Gasteiger partial charge in [-0.25, -0.2) is 4.79 Å². The molecule has 0 saturated carbocycles. The molecule has 0 unspecified atom stereocenters. The third-order valence-corrected chi connectivity index (χ3v) is 1.76. The van der Waals surface area contributed by atoms with E-state index in [0.717, 1.165) is 0 Å². The third kappa shape index (κ3) is 3.89. The molecule has 82 valence electrons. The highest BCUT2D eigenvalue weighted by Crippen LogP contribution is 2.14. The van der Waals surface area contributed by atoms with Crippen molar-refractivity contribution < 1.29 is 14.6 Å². The molecule has 1 amide bonds. The summed E-state index contributed by atoms with van der Waals surface area (Å²) >= 11 is 0. The number of nitrogens with one attached hydrogen (secondary N) is 1. The van der Waals surface area contributed by atoms with Crippen LogP contribution < -0.4 is 5.32 Å². The molecule has 0 heterocycles. The van der Waals surface area contributed by atoms with Gasteiger partial charge in [-0.15, -0.1) is 0 Å². The van der Waals surface area contributed by atoms with Gasteiger partial charge in [-0.3, -0.25) is 0 Å². The monoisotopic (exact) mass is 209 g/mol. The van der Waals surface area contributed by atoms with Gasteiger partial charge in [0.2, 0.25) is 0 Å². The van der Waals surface area contributed by atoms with Gasteiger partial charge in [0, 0.05) is 12.1 Å². The molecule has 0 atom stereocenters. The number of rotatable bonds is 3. The SMILES string of the molecule is CC(C)OC(=O)NCc1ccccc1O. The van der Waals surface area contributed by atoms with Crippen LogP contribution in [-0.4, -0.2) is 17.3 Å². The summed E-state index contributed by atoms with van der Waals surface area (Å²) in [6, 6.07) is 6.84. The summed E-state index contributed by atoms with van der Waals surface area (Å²) in [7, 11) is 0. The number of alkyl carbamates (subject to hydrolysis) is 1. The summed E-state index contributed by atoms with van der Waals surface area (Å²) in [6.45, 7) is 3.82. The first kappa shape index (κ1) is 11.4. The maximum absolute atomic E-state index is 11.1. The van der Waals surface area contributed by atoms with Crippen molar-refractivity contribution in [1.82, 2.24) is 5.32 Å². The first-order chi connectivity index (χ1) is 7.09. The van der Waals surface area contributed by atoms with Crippen LogP contribution in [0.5, 0.6) is 5.75 Å². The molecule has 0 aromatic heterocycles. The quantitative estimate of drug-likeness (QED) is 0.800. The highest BCUT2D eigenvalue weighted by atomic mass is 16.6. The van der Waals surface area contributed by atoms with Crippen LogP contribution in [0.1, 0.15) is 19.4 Å². The van der Waals surface area contributed by atoms with Gasteiger partial charge in [-0.2, -0.15) is 0 Å². The number of carbonyl (C=O) groups is 1. The predicted octanol–water partition coefficient (Wildman–Crippen LogP) is 2.03. The standard InChI is InChI=1S/C11H15NO3/c1-8(2)15-11(14)12-7-9-5-3-4-6-10(9)13/h3-6,8,13H,7H2,1-2H3,(H,12,14). The number of ether oxygens (including phenoxy) is 1. The van der Waals surface area contributed by atoms with Crippen LogP contribution in [0.15, 0.2) is 24.3 Å². The number of hydrogen-bond acceptors (Lipinski definition) is 3. The van der Waals surface area contributed by atoms with Crippen LogP contribution in [0, 0.1) is 0 Å².